The summed E-state index contributed by atoms with van der Waals surface area (Å²) in [7, 11) is 0. The SMILES string of the molecule is Cc1cc(C)cc(-n2nc(C)c([N+](=O)[O-])c2Cl)c1. The van der Waals surface area contributed by atoms with Gasteiger partial charge in [-0.2, -0.15) is 5.10 Å². The van der Waals surface area contributed by atoms with Crippen LogP contribution in [0.25, 0.3) is 5.69 Å². The van der Waals surface area contributed by atoms with Crippen LogP contribution in [-0.2, 0) is 0 Å². The first-order valence-electron chi connectivity index (χ1n) is 5.38. The highest BCUT2D eigenvalue weighted by Crippen LogP contribution is 2.30. The van der Waals surface area contributed by atoms with Gasteiger partial charge in [0.15, 0.2) is 0 Å². The summed E-state index contributed by atoms with van der Waals surface area (Å²) in [5, 5.41) is 15.0. The summed E-state index contributed by atoms with van der Waals surface area (Å²) in [5.41, 5.74) is 3.00. The van der Waals surface area contributed by atoms with Gasteiger partial charge in [0.2, 0.25) is 5.15 Å². The number of nitrogens with zero attached hydrogens (tertiary/aromatic N) is 3. The Hall–Kier alpha value is -1.88. The van der Waals surface area contributed by atoms with Crippen molar-refractivity contribution in [3.63, 3.8) is 0 Å². The van der Waals surface area contributed by atoms with E-state index in [0.29, 0.717) is 5.69 Å². The highest BCUT2D eigenvalue weighted by atomic mass is 35.5. The highest BCUT2D eigenvalue weighted by molar-refractivity contribution is 6.32. The molecule has 0 atom stereocenters. The average Bonchev–Trinajstić information content (AvgIpc) is 2.52. The van der Waals surface area contributed by atoms with Crippen molar-refractivity contribution in [3.05, 3.63) is 50.3 Å². The van der Waals surface area contributed by atoms with Crippen molar-refractivity contribution in [2.24, 2.45) is 0 Å². The van der Waals surface area contributed by atoms with Crippen LogP contribution in [0.1, 0.15) is 16.8 Å². The quantitative estimate of drug-likeness (QED) is 0.618. The Morgan fingerprint density at radius 2 is 1.78 bits per heavy atom. The zero-order valence-electron chi connectivity index (χ0n) is 10.3. The van der Waals surface area contributed by atoms with Gasteiger partial charge in [-0.25, -0.2) is 4.68 Å². The third kappa shape index (κ3) is 2.09. The van der Waals surface area contributed by atoms with Gasteiger partial charge in [0.25, 0.3) is 0 Å². The van der Waals surface area contributed by atoms with Crippen molar-refractivity contribution in [1.29, 1.82) is 0 Å². The summed E-state index contributed by atoms with van der Waals surface area (Å²) >= 11 is 6.02. The van der Waals surface area contributed by atoms with Gasteiger partial charge in [-0.1, -0.05) is 17.7 Å². The normalized spacial score (nSPS) is 10.7. The summed E-state index contributed by atoms with van der Waals surface area (Å²) in [6, 6.07) is 5.78. The Morgan fingerprint density at radius 3 is 2.22 bits per heavy atom. The van der Waals surface area contributed by atoms with E-state index in [2.05, 4.69) is 5.10 Å². The predicted octanol–water partition coefficient (Wildman–Crippen LogP) is 3.36. The maximum Gasteiger partial charge on any atom is 0.329 e. The van der Waals surface area contributed by atoms with Crippen LogP contribution in [0.15, 0.2) is 18.2 Å². The predicted molar refractivity (Wildman–Crippen MR) is 69.4 cm³/mol. The minimum atomic E-state index is -0.510. The molecule has 1 heterocycles. The first-order valence-corrected chi connectivity index (χ1v) is 5.76. The highest BCUT2D eigenvalue weighted by Gasteiger charge is 2.24. The maximum atomic E-state index is 10.9. The molecule has 0 radical (unpaired) electrons. The number of aromatic nitrogens is 2. The molecule has 0 spiro atoms. The van der Waals surface area contributed by atoms with Gasteiger partial charge in [0, 0.05) is 0 Å². The van der Waals surface area contributed by atoms with Crippen LogP contribution < -0.4 is 0 Å². The molecule has 0 aliphatic carbocycles. The molecule has 18 heavy (non-hydrogen) atoms. The first kappa shape index (κ1) is 12.6. The topological polar surface area (TPSA) is 61.0 Å². The van der Waals surface area contributed by atoms with E-state index >= 15 is 0 Å². The van der Waals surface area contributed by atoms with E-state index in [1.807, 2.05) is 32.0 Å². The minimum Gasteiger partial charge on any atom is -0.258 e. The van der Waals surface area contributed by atoms with E-state index in [1.54, 1.807) is 6.92 Å². The van der Waals surface area contributed by atoms with Crippen LogP contribution in [0.2, 0.25) is 5.15 Å². The third-order valence-corrected chi connectivity index (χ3v) is 2.95. The molecule has 94 valence electrons. The van der Waals surface area contributed by atoms with Crippen LogP contribution in [0.4, 0.5) is 5.69 Å². The second kappa shape index (κ2) is 4.42. The molecule has 0 N–H and O–H groups in total. The summed E-state index contributed by atoms with van der Waals surface area (Å²) < 4.78 is 1.40. The maximum absolute atomic E-state index is 10.9. The number of hydrogen-bond acceptors (Lipinski definition) is 3. The van der Waals surface area contributed by atoms with Gasteiger partial charge in [-0.15, -0.1) is 0 Å². The van der Waals surface area contributed by atoms with E-state index in [0.717, 1.165) is 16.8 Å². The van der Waals surface area contributed by atoms with Gasteiger partial charge >= 0.3 is 5.69 Å². The number of hydrogen-bond donors (Lipinski definition) is 0. The molecular formula is C12H12ClN3O2. The van der Waals surface area contributed by atoms with Gasteiger partial charge in [-0.05, 0) is 44.0 Å². The van der Waals surface area contributed by atoms with E-state index in [1.165, 1.54) is 4.68 Å². The molecule has 0 aliphatic heterocycles. The van der Waals surface area contributed by atoms with Crippen LogP contribution in [0.5, 0.6) is 0 Å². The molecule has 0 fully saturated rings. The van der Waals surface area contributed by atoms with Crippen LogP contribution in [0.3, 0.4) is 0 Å². The van der Waals surface area contributed by atoms with Crippen LogP contribution >= 0.6 is 11.6 Å². The minimum absolute atomic E-state index is 0.0301. The third-order valence-electron chi connectivity index (χ3n) is 2.61. The van der Waals surface area contributed by atoms with E-state index in [9.17, 15) is 10.1 Å². The average molecular weight is 266 g/mol. The molecule has 1 aromatic heterocycles. The molecular weight excluding hydrogens is 254 g/mol. The molecule has 6 heteroatoms. The smallest absolute Gasteiger partial charge is 0.258 e. The van der Waals surface area contributed by atoms with Crippen LogP contribution in [-0.4, -0.2) is 14.7 Å². The molecule has 2 aromatic rings. The van der Waals surface area contributed by atoms with Crippen molar-refractivity contribution in [2.75, 3.05) is 0 Å². The number of nitro groups is 1. The second-order valence-corrected chi connectivity index (χ2v) is 4.60. The number of rotatable bonds is 2. The van der Waals surface area contributed by atoms with E-state index in [4.69, 9.17) is 11.6 Å². The van der Waals surface area contributed by atoms with Gasteiger partial charge < -0.3 is 0 Å². The number of aryl methyl sites for hydroxylation is 3. The van der Waals surface area contributed by atoms with Crippen molar-refractivity contribution < 1.29 is 4.92 Å². The Balaban J connectivity index is 2.65. The Labute approximate surface area is 109 Å². The molecule has 2 rings (SSSR count). The monoisotopic (exact) mass is 265 g/mol. The zero-order chi connectivity index (χ0) is 13.4. The van der Waals surface area contributed by atoms with Crippen LogP contribution in [0, 0.1) is 30.9 Å². The zero-order valence-corrected chi connectivity index (χ0v) is 11.0. The Kier molecular flexibility index (Phi) is 3.09. The summed E-state index contributed by atoms with van der Waals surface area (Å²) in [4.78, 5) is 10.4. The lowest BCUT2D eigenvalue weighted by molar-refractivity contribution is -0.385. The summed E-state index contributed by atoms with van der Waals surface area (Å²) in [6.45, 7) is 5.48. The number of benzene rings is 1. The van der Waals surface area contributed by atoms with Gasteiger partial charge in [0.05, 0.1) is 10.6 Å². The fraction of sp³-hybridized carbons (Fsp3) is 0.250. The summed E-state index contributed by atoms with van der Waals surface area (Å²) in [6.07, 6.45) is 0. The molecule has 0 saturated carbocycles. The van der Waals surface area contributed by atoms with Crippen molar-refractivity contribution in [2.45, 2.75) is 20.8 Å². The molecule has 0 aliphatic rings. The molecule has 5 nitrogen and oxygen atoms in total. The van der Waals surface area contributed by atoms with E-state index < -0.39 is 4.92 Å². The standard InChI is InChI=1S/C12H12ClN3O2/c1-7-4-8(2)6-10(5-7)15-12(13)11(16(17)18)9(3)14-15/h4-6H,1-3H3. The van der Waals surface area contributed by atoms with Gasteiger partial charge in [0.1, 0.15) is 5.69 Å². The second-order valence-electron chi connectivity index (χ2n) is 4.24. The van der Waals surface area contributed by atoms with E-state index in [-0.39, 0.29) is 10.8 Å². The van der Waals surface area contributed by atoms with Crippen molar-refractivity contribution >= 4 is 17.3 Å². The van der Waals surface area contributed by atoms with Crippen molar-refractivity contribution in [1.82, 2.24) is 9.78 Å². The lowest BCUT2D eigenvalue weighted by Gasteiger charge is -2.05. The number of halogens is 1. The lowest BCUT2D eigenvalue weighted by Crippen LogP contribution is -1.98. The fourth-order valence-electron chi connectivity index (χ4n) is 1.94. The molecule has 0 unspecified atom stereocenters. The molecule has 0 bridgehead atoms. The summed E-state index contributed by atoms with van der Waals surface area (Å²) in [5.74, 6) is 0. The molecule has 1 aromatic carbocycles. The van der Waals surface area contributed by atoms with Gasteiger partial charge in [-0.3, -0.25) is 10.1 Å². The Morgan fingerprint density at radius 1 is 1.22 bits per heavy atom. The largest absolute Gasteiger partial charge is 0.329 e. The molecule has 0 amide bonds. The fourth-order valence-corrected chi connectivity index (χ4v) is 2.28. The molecule has 0 saturated heterocycles. The van der Waals surface area contributed by atoms with Crippen molar-refractivity contribution in [3.8, 4) is 5.69 Å². The lowest BCUT2D eigenvalue weighted by atomic mass is 10.1. The Bertz CT molecular complexity index is 614. The first-order chi connectivity index (χ1) is 8.40.